The second kappa shape index (κ2) is 10.5. The van der Waals surface area contributed by atoms with E-state index in [-0.39, 0.29) is 0 Å². The van der Waals surface area contributed by atoms with Crippen LogP contribution in [0.3, 0.4) is 0 Å². The zero-order chi connectivity index (χ0) is 32.8. The minimum Gasteiger partial charge on any atom is -0.0622 e. The van der Waals surface area contributed by atoms with E-state index in [1.54, 1.807) is 0 Å². The minimum absolute atomic E-state index is 1.23. The molecular formula is C50H30. The van der Waals surface area contributed by atoms with Crippen LogP contribution < -0.4 is 0 Å². The first-order valence-electron chi connectivity index (χ1n) is 17.4. The van der Waals surface area contributed by atoms with Crippen LogP contribution in [0.15, 0.2) is 182 Å². The molecule has 0 amide bonds. The Morgan fingerprint density at radius 3 is 1.42 bits per heavy atom. The zero-order valence-electron chi connectivity index (χ0n) is 27.3. The van der Waals surface area contributed by atoms with Gasteiger partial charge in [-0.2, -0.15) is 0 Å². The molecule has 0 spiro atoms. The molecule has 0 N–H and O–H groups in total. The average Bonchev–Trinajstić information content (AvgIpc) is 3.19. The molecule has 11 aromatic rings. The summed E-state index contributed by atoms with van der Waals surface area (Å²) in [4.78, 5) is 0. The van der Waals surface area contributed by atoms with Crippen molar-refractivity contribution >= 4 is 75.4 Å². The van der Waals surface area contributed by atoms with Gasteiger partial charge in [0, 0.05) is 0 Å². The monoisotopic (exact) mass is 630 g/mol. The van der Waals surface area contributed by atoms with Crippen molar-refractivity contribution < 1.29 is 0 Å². The first-order chi connectivity index (χ1) is 24.8. The number of benzene rings is 11. The molecular weight excluding hydrogens is 601 g/mol. The molecule has 0 radical (unpaired) electrons. The van der Waals surface area contributed by atoms with Crippen LogP contribution in [0.2, 0.25) is 0 Å². The number of hydrogen-bond acceptors (Lipinski definition) is 0. The number of fused-ring (bicyclic) bond motifs is 5. The van der Waals surface area contributed by atoms with E-state index in [9.17, 15) is 0 Å². The highest BCUT2D eigenvalue weighted by molar-refractivity contribution is 6.30. The van der Waals surface area contributed by atoms with Gasteiger partial charge in [0.15, 0.2) is 0 Å². The third-order valence-corrected chi connectivity index (χ3v) is 11.0. The first kappa shape index (κ1) is 27.5. The van der Waals surface area contributed by atoms with Gasteiger partial charge in [-0.15, -0.1) is 0 Å². The van der Waals surface area contributed by atoms with Crippen LogP contribution in [0.25, 0.3) is 109 Å². The molecule has 0 heterocycles. The van der Waals surface area contributed by atoms with Crippen molar-refractivity contribution in [1.82, 2.24) is 0 Å². The van der Waals surface area contributed by atoms with Gasteiger partial charge in [0.05, 0.1) is 0 Å². The fourth-order valence-corrected chi connectivity index (χ4v) is 8.79. The largest absolute Gasteiger partial charge is 0.0622 e. The van der Waals surface area contributed by atoms with E-state index in [2.05, 4.69) is 182 Å². The Kier molecular flexibility index (Phi) is 5.76. The van der Waals surface area contributed by atoms with Crippen LogP contribution in [0.4, 0.5) is 0 Å². The van der Waals surface area contributed by atoms with Gasteiger partial charge < -0.3 is 0 Å². The molecule has 0 unspecified atom stereocenters. The van der Waals surface area contributed by atoms with Gasteiger partial charge in [-0.05, 0) is 121 Å². The second-order valence-corrected chi connectivity index (χ2v) is 13.6. The normalized spacial score (nSPS) is 12.0. The molecule has 11 rings (SSSR count). The third-order valence-electron chi connectivity index (χ3n) is 11.0. The van der Waals surface area contributed by atoms with Gasteiger partial charge >= 0.3 is 0 Å². The van der Waals surface area contributed by atoms with Crippen LogP contribution in [-0.4, -0.2) is 0 Å². The summed E-state index contributed by atoms with van der Waals surface area (Å²) in [5.74, 6) is 0. The molecule has 0 aromatic heterocycles. The van der Waals surface area contributed by atoms with E-state index < -0.39 is 0 Å². The maximum atomic E-state index is 2.44. The fourth-order valence-electron chi connectivity index (χ4n) is 8.79. The molecule has 0 heteroatoms. The molecule has 0 saturated heterocycles. The lowest BCUT2D eigenvalue weighted by Crippen LogP contribution is -1.93. The quantitative estimate of drug-likeness (QED) is 0.135. The first-order valence-corrected chi connectivity index (χ1v) is 17.4. The SMILES string of the molecule is c1ccc(-c2ccc3c(c2)cc(-c2c4ccccc4c(-c4ccc5ccc6cccc7ccc4c5c67)c4ccccc24)c2ccccc23)cc1. The van der Waals surface area contributed by atoms with Gasteiger partial charge in [0.2, 0.25) is 0 Å². The van der Waals surface area contributed by atoms with Crippen molar-refractivity contribution in [2.45, 2.75) is 0 Å². The van der Waals surface area contributed by atoms with E-state index in [1.165, 1.54) is 109 Å². The van der Waals surface area contributed by atoms with Gasteiger partial charge in [-0.25, -0.2) is 0 Å². The summed E-state index contributed by atoms with van der Waals surface area (Å²) in [5.41, 5.74) is 7.62. The summed E-state index contributed by atoms with van der Waals surface area (Å²) >= 11 is 0. The standard InChI is InChI=1S/C50H30/c1-2-11-31(12-3-1)35-25-26-37-36(29-35)30-46(39-16-5-4-15-38(37)39)50-42-19-8-6-17-40(42)49(41-18-7-9-20-43(41)50)45-28-24-34-22-21-32-13-10-14-33-23-27-44(45)48(34)47(32)33/h1-30H. The lowest BCUT2D eigenvalue weighted by Gasteiger charge is -2.21. The Labute approximate surface area is 289 Å². The van der Waals surface area contributed by atoms with Gasteiger partial charge in [0.25, 0.3) is 0 Å². The number of hydrogen-bond donors (Lipinski definition) is 0. The van der Waals surface area contributed by atoms with Crippen LogP contribution >= 0.6 is 0 Å². The smallest absolute Gasteiger partial charge is 0.00199 e. The molecule has 0 atom stereocenters. The molecule has 0 bridgehead atoms. The summed E-state index contributed by atoms with van der Waals surface area (Å²) in [6.45, 7) is 0. The molecule has 0 aliphatic rings. The molecule has 11 aromatic carbocycles. The van der Waals surface area contributed by atoms with Crippen LogP contribution in [0.1, 0.15) is 0 Å². The number of rotatable bonds is 3. The minimum atomic E-state index is 1.23. The third kappa shape index (κ3) is 3.88. The summed E-state index contributed by atoms with van der Waals surface area (Å²) in [6, 6.07) is 67.6. The highest BCUT2D eigenvalue weighted by Gasteiger charge is 2.21. The summed E-state index contributed by atoms with van der Waals surface area (Å²) in [5, 5.41) is 18.1. The predicted molar refractivity (Wildman–Crippen MR) is 216 cm³/mol. The lowest BCUT2D eigenvalue weighted by molar-refractivity contribution is 1.65. The Bertz CT molecular complexity index is 3060. The molecule has 0 fully saturated rings. The fraction of sp³-hybridized carbons (Fsp3) is 0. The van der Waals surface area contributed by atoms with Crippen LogP contribution in [-0.2, 0) is 0 Å². The maximum absolute atomic E-state index is 2.44. The predicted octanol–water partition coefficient (Wildman–Crippen LogP) is 14.2. The Hall–Kier alpha value is -6.50. The van der Waals surface area contributed by atoms with Gasteiger partial charge in [0.1, 0.15) is 0 Å². The van der Waals surface area contributed by atoms with Crippen LogP contribution in [0.5, 0.6) is 0 Å². The highest BCUT2D eigenvalue weighted by atomic mass is 14.2. The van der Waals surface area contributed by atoms with E-state index in [0.717, 1.165) is 0 Å². The van der Waals surface area contributed by atoms with Crippen molar-refractivity contribution in [3.05, 3.63) is 182 Å². The van der Waals surface area contributed by atoms with E-state index >= 15 is 0 Å². The van der Waals surface area contributed by atoms with E-state index in [0.29, 0.717) is 0 Å². The van der Waals surface area contributed by atoms with Gasteiger partial charge in [-0.1, -0.05) is 170 Å². The topological polar surface area (TPSA) is 0 Å². The highest BCUT2D eigenvalue weighted by Crippen LogP contribution is 2.49. The van der Waals surface area contributed by atoms with Crippen molar-refractivity contribution in [2.75, 3.05) is 0 Å². The van der Waals surface area contributed by atoms with E-state index in [1.807, 2.05) is 0 Å². The van der Waals surface area contributed by atoms with Crippen molar-refractivity contribution in [3.63, 3.8) is 0 Å². The molecule has 0 aliphatic heterocycles. The lowest BCUT2D eigenvalue weighted by atomic mass is 9.82. The molecule has 0 nitrogen and oxygen atoms in total. The Morgan fingerprint density at radius 2 is 0.740 bits per heavy atom. The van der Waals surface area contributed by atoms with E-state index in [4.69, 9.17) is 0 Å². The maximum Gasteiger partial charge on any atom is -0.00199 e. The molecule has 50 heavy (non-hydrogen) atoms. The summed E-state index contributed by atoms with van der Waals surface area (Å²) in [6.07, 6.45) is 0. The zero-order valence-corrected chi connectivity index (χ0v) is 27.3. The average molecular weight is 631 g/mol. The molecule has 0 aliphatic carbocycles. The van der Waals surface area contributed by atoms with Crippen LogP contribution in [0, 0.1) is 0 Å². The van der Waals surface area contributed by atoms with Gasteiger partial charge in [-0.3, -0.25) is 0 Å². The molecule has 0 saturated carbocycles. The summed E-state index contributed by atoms with van der Waals surface area (Å²) < 4.78 is 0. The van der Waals surface area contributed by atoms with Crippen molar-refractivity contribution in [1.29, 1.82) is 0 Å². The second-order valence-electron chi connectivity index (χ2n) is 13.6. The van der Waals surface area contributed by atoms with Crippen molar-refractivity contribution in [2.24, 2.45) is 0 Å². The molecule has 230 valence electrons. The Morgan fingerprint density at radius 1 is 0.220 bits per heavy atom. The Balaban J connectivity index is 1.27. The van der Waals surface area contributed by atoms with Crippen molar-refractivity contribution in [3.8, 4) is 33.4 Å². The summed E-state index contributed by atoms with van der Waals surface area (Å²) in [7, 11) is 0.